The summed E-state index contributed by atoms with van der Waals surface area (Å²) in [7, 11) is 1.50. The molecule has 1 atom stereocenters. The average Bonchev–Trinajstić information content (AvgIpc) is 3.15. The zero-order valence-corrected chi connectivity index (χ0v) is 16.9. The van der Waals surface area contributed by atoms with Gasteiger partial charge in [0.1, 0.15) is 11.7 Å². The second kappa shape index (κ2) is 9.04. The number of carbonyl (C=O) groups is 3. The maximum atomic E-state index is 13.1. The number of aromatic nitrogens is 2. The van der Waals surface area contributed by atoms with Crippen LogP contribution in [-0.2, 0) is 29.2 Å². The van der Waals surface area contributed by atoms with Crippen LogP contribution in [-0.4, -0.2) is 33.4 Å². The third-order valence-corrected chi connectivity index (χ3v) is 4.68. The third-order valence-electron chi connectivity index (χ3n) is 4.68. The van der Waals surface area contributed by atoms with Gasteiger partial charge in [-0.1, -0.05) is 42.5 Å². The SMILES string of the molecule is Cn1cc(C(=O)NC(Cc2ccccc2)C(=O)C(N)=O)c(-c2cccc(C(F)(F)F)c2)n1. The van der Waals surface area contributed by atoms with Crippen molar-refractivity contribution in [3.63, 3.8) is 0 Å². The molecule has 0 aliphatic heterocycles. The van der Waals surface area contributed by atoms with Crippen molar-refractivity contribution < 1.29 is 27.6 Å². The Balaban J connectivity index is 1.93. The highest BCUT2D eigenvalue weighted by atomic mass is 19.4. The molecule has 0 spiro atoms. The average molecular weight is 444 g/mol. The predicted molar refractivity (Wildman–Crippen MR) is 109 cm³/mol. The largest absolute Gasteiger partial charge is 0.416 e. The fourth-order valence-corrected chi connectivity index (χ4v) is 3.18. The number of nitrogens with one attached hydrogen (secondary N) is 1. The molecule has 32 heavy (non-hydrogen) atoms. The quantitative estimate of drug-likeness (QED) is 0.546. The van der Waals surface area contributed by atoms with Crippen molar-refractivity contribution in [3.05, 3.63) is 77.5 Å². The standard InChI is InChI=1S/C22H19F3N4O3/c1-29-12-16(18(28-29)14-8-5-9-15(11-14)22(23,24)25)21(32)27-17(19(30)20(26)31)10-13-6-3-2-4-7-13/h2-9,11-12,17H,10H2,1H3,(H2,26,31)(H,27,32). The minimum Gasteiger partial charge on any atom is -0.363 e. The zero-order chi connectivity index (χ0) is 23.5. The van der Waals surface area contributed by atoms with E-state index in [-0.39, 0.29) is 23.2 Å². The number of alkyl halides is 3. The molecule has 3 N–H and O–H groups in total. The molecule has 0 radical (unpaired) electrons. The van der Waals surface area contributed by atoms with Gasteiger partial charge in [-0.3, -0.25) is 19.1 Å². The lowest BCUT2D eigenvalue weighted by atomic mass is 10.0. The van der Waals surface area contributed by atoms with Crippen molar-refractivity contribution in [3.8, 4) is 11.3 Å². The number of hydrogen-bond acceptors (Lipinski definition) is 4. The van der Waals surface area contributed by atoms with Gasteiger partial charge in [-0.15, -0.1) is 0 Å². The lowest BCUT2D eigenvalue weighted by Crippen LogP contribution is -2.47. The van der Waals surface area contributed by atoms with Crippen LogP contribution >= 0.6 is 0 Å². The second-order valence-corrected chi connectivity index (χ2v) is 7.09. The first kappa shape index (κ1) is 22.7. The number of hydrogen-bond donors (Lipinski definition) is 2. The molecule has 0 aliphatic carbocycles. The smallest absolute Gasteiger partial charge is 0.363 e. The lowest BCUT2D eigenvalue weighted by Gasteiger charge is -2.16. The van der Waals surface area contributed by atoms with Crippen molar-refractivity contribution in [2.75, 3.05) is 0 Å². The first-order valence-electron chi connectivity index (χ1n) is 9.46. The molecular formula is C22H19F3N4O3. The van der Waals surface area contributed by atoms with Crippen LogP contribution in [0.1, 0.15) is 21.5 Å². The van der Waals surface area contributed by atoms with E-state index in [9.17, 15) is 27.6 Å². The minimum atomic E-state index is -4.57. The van der Waals surface area contributed by atoms with E-state index in [0.717, 1.165) is 12.1 Å². The van der Waals surface area contributed by atoms with Gasteiger partial charge in [0.15, 0.2) is 0 Å². The summed E-state index contributed by atoms with van der Waals surface area (Å²) in [6.07, 6.45) is -3.24. The van der Waals surface area contributed by atoms with Crippen molar-refractivity contribution in [1.82, 2.24) is 15.1 Å². The number of nitrogens with zero attached hydrogens (tertiary/aromatic N) is 2. The lowest BCUT2D eigenvalue weighted by molar-refractivity contribution is -0.137. The maximum Gasteiger partial charge on any atom is 0.416 e. The van der Waals surface area contributed by atoms with Gasteiger partial charge >= 0.3 is 6.18 Å². The topological polar surface area (TPSA) is 107 Å². The van der Waals surface area contributed by atoms with Crippen LogP contribution in [0.4, 0.5) is 13.2 Å². The fourth-order valence-electron chi connectivity index (χ4n) is 3.18. The highest BCUT2D eigenvalue weighted by Crippen LogP contribution is 2.32. The molecule has 0 saturated heterocycles. The number of carbonyl (C=O) groups excluding carboxylic acids is 3. The highest BCUT2D eigenvalue weighted by molar-refractivity contribution is 6.38. The fraction of sp³-hybridized carbons (Fsp3) is 0.182. The number of amides is 2. The molecule has 2 aromatic carbocycles. The van der Waals surface area contributed by atoms with E-state index in [0.29, 0.717) is 5.56 Å². The van der Waals surface area contributed by atoms with Crippen LogP contribution in [0.2, 0.25) is 0 Å². The molecule has 0 fully saturated rings. The molecule has 7 nitrogen and oxygen atoms in total. The van der Waals surface area contributed by atoms with Gasteiger partial charge in [0, 0.05) is 25.2 Å². The Hall–Kier alpha value is -3.95. The zero-order valence-electron chi connectivity index (χ0n) is 16.9. The molecule has 166 valence electrons. The maximum absolute atomic E-state index is 13.1. The van der Waals surface area contributed by atoms with E-state index < -0.39 is 35.4 Å². The molecule has 3 rings (SSSR count). The van der Waals surface area contributed by atoms with Gasteiger partial charge in [-0.2, -0.15) is 18.3 Å². The molecule has 3 aromatic rings. The van der Waals surface area contributed by atoms with Crippen molar-refractivity contribution in [1.29, 1.82) is 0 Å². The number of aryl methyl sites for hydroxylation is 1. The number of benzene rings is 2. The van der Waals surface area contributed by atoms with Crippen molar-refractivity contribution in [2.45, 2.75) is 18.6 Å². The summed E-state index contributed by atoms with van der Waals surface area (Å²) in [6, 6.07) is 11.8. The molecule has 0 aliphatic rings. The van der Waals surface area contributed by atoms with Gasteiger partial charge in [0.2, 0.25) is 5.78 Å². The number of ketones is 1. The van der Waals surface area contributed by atoms with E-state index in [4.69, 9.17) is 5.73 Å². The van der Waals surface area contributed by atoms with Crippen molar-refractivity contribution >= 4 is 17.6 Å². The molecule has 10 heteroatoms. The van der Waals surface area contributed by atoms with Crippen LogP contribution in [0, 0.1) is 0 Å². The van der Waals surface area contributed by atoms with Crippen molar-refractivity contribution in [2.24, 2.45) is 12.8 Å². The Morgan fingerprint density at radius 2 is 1.78 bits per heavy atom. The Bertz CT molecular complexity index is 1160. The van der Waals surface area contributed by atoms with E-state index in [2.05, 4.69) is 10.4 Å². The number of halogens is 3. The Kier molecular flexibility index (Phi) is 6.42. The van der Waals surface area contributed by atoms with Crippen LogP contribution in [0.5, 0.6) is 0 Å². The molecule has 0 saturated carbocycles. The molecule has 1 heterocycles. The molecule has 1 unspecified atom stereocenters. The monoisotopic (exact) mass is 444 g/mol. The summed E-state index contributed by atoms with van der Waals surface area (Å²) in [6.45, 7) is 0. The van der Waals surface area contributed by atoms with E-state index in [1.165, 1.54) is 30.1 Å². The number of primary amides is 1. The summed E-state index contributed by atoms with van der Waals surface area (Å²) in [5.41, 5.74) is 4.93. The Morgan fingerprint density at radius 3 is 2.41 bits per heavy atom. The second-order valence-electron chi connectivity index (χ2n) is 7.09. The minimum absolute atomic E-state index is 0.00100. The van der Waals surface area contributed by atoms with Crippen LogP contribution in [0.3, 0.4) is 0 Å². The third kappa shape index (κ3) is 5.20. The summed E-state index contributed by atoms with van der Waals surface area (Å²) < 4.78 is 40.6. The number of nitrogens with two attached hydrogens (primary N) is 1. The predicted octanol–water partition coefficient (Wildman–Crippen LogP) is 2.50. The van der Waals surface area contributed by atoms with E-state index in [1.54, 1.807) is 30.3 Å². The summed E-state index contributed by atoms with van der Waals surface area (Å²) >= 11 is 0. The summed E-state index contributed by atoms with van der Waals surface area (Å²) in [5.74, 6) is -2.98. The van der Waals surface area contributed by atoms with Gasteiger partial charge in [0.25, 0.3) is 11.8 Å². The highest BCUT2D eigenvalue weighted by Gasteiger charge is 2.32. The van der Waals surface area contributed by atoms with E-state index >= 15 is 0 Å². The molecule has 1 aromatic heterocycles. The van der Waals surface area contributed by atoms with Crippen LogP contribution in [0.15, 0.2) is 60.8 Å². The Morgan fingerprint density at radius 1 is 1.09 bits per heavy atom. The van der Waals surface area contributed by atoms with Crippen LogP contribution < -0.4 is 11.1 Å². The molecule has 2 amide bonds. The van der Waals surface area contributed by atoms with E-state index in [1.807, 2.05) is 0 Å². The van der Waals surface area contributed by atoms with Gasteiger partial charge in [0.05, 0.1) is 11.1 Å². The summed E-state index contributed by atoms with van der Waals surface area (Å²) in [4.78, 5) is 36.7. The first-order chi connectivity index (χ1) is 15.1. The van der Waals surface area contributed by atoms with Crippen LogP contribution in [0.25, 0.3) is 11.3 Å². The summed E-state index contributed by atoms with van der Waals surface area (Å²) in [5, 5.41) is 6.57. The Labute approximate surface area is 181 Å². The number of Topliss-reactive ketones (excluding diaryl/α,β-unsaturated/α-hetero) is 1. The molecule has 0 bridgehead atoms. The normalized spacial score (nSPS) is 12.2. The molecular weight excluding hydrogens is 425 g/mol. The van der Waals surface area contributed by atoms with Gasteiger partial charge in [-0.05, 0) is 17.7 Å². The van der Waals surface area contributed by atoms with Gasteiger partial charge in [-0.25, -0.2) is 0 Å². The van der Waals surface area contributed by atoms with Gasteiger partial charge < -0.3 is 11.1 Å². The first-order valence-corrected chi connectivity index (χ1v) is 9.46. The number of rotatable bonds is 7.